The van der Waals surface area contributed by atoms with E-state index in [1.165, 1.54) is 19.2 Å². The van der Waals surface area contributed by atoms with E-state index in [2.05, 4.69) is 5.32 Å². The molecule has 0 saturated carbocycles. The molecule has 2 aromatic carbocycles. The normalized spacial score (nSPS) is 11.6. The minimum Gasteiger partial charge on any atom is -0.493 e. The highest BCUT2D eigenvalue weighted by Gasteiger charge is 2.16. The van der Waals surface area contributed by atoms with Crippen LogP contribution in [0.15, 0.2) is 42.5 Å². The summed E-state index contributed by atoms with van der Waals surface area (Å²) in [6, 6.07) is 12.9. The number of hydrogen-bond donors (Lipinski definition) is 2. The number of rotatable bonds is 11. The molecule has 156 valence electrons. The van der Waals surface area contributed by atoms with Gasteiger partial charge in [-0.25, -0.2) is 0 Å². The molecule has 0 radical (unpaired) electrons. The Balaban J connectivity index is 1.84. The molecule has 2 rings (SSSR count). The van der Waals surface area contributed by atoms with Crippen molar-refractivity contribution in [3.8, 4) is 11.5 Å². The molecule has 0 saturated heterocycles. The summed E-state index contributed by atoms with van der Waals surface area (Å²) in [5.74, 6) is -0.548. The summed E-state index contributed by atoms with van der Waals surface area (Å²) < 4.78 is 16.2. The van der Waals surface area contributed by atoms with Gasteiger partial charge in [0.25, 0.3) is 11.8 Å². The van der Waals surface area contributed by atoms with Crippen molar-refractivity contribution in [1.29, 1.82) is 0 Å². The van der Waals surface area contributed by atoms with Gasteiger partial charge in [-0.1, -0.05) is 41.9 Å². The molecule has 0 aliphatic rings. The van der Waals surface area contributed by atoms with Crippen LogP contribution >= 0.6 is 11.6 Å². The summed E-state index contributed by atoms with van der Waals surface area (Å²) in [5.41, 5.74) is 6.49. The quantitative estimate of drug-likeness (QED) is 0.544. The Morgan fingerprint density at radius 2 is 1.93 bits per heavy atom. The maximum absolute atomic E-state index is 12.4. The lowest BCUT2D eigenvalue weighted by Crippen LogP contribution is -2.25. The van der Waals surface area contributed by atoms with Crippen molar-refractivity contribution in [1.82, 2.24) is 5.32 Å². The molecule has 1 atom stereocenters. The van der Waals surface area contributed by atoms with Crippen molar-refractivity contribution in [2.24, 2.45) is 5.73 Å². The SMILES string of the molecule is COc1cc(C(=O)NCCCO[C@@H](C)c2ccccc2)cc(Cl)c1OCC(N)=O. The standard InChI is InChI=1S/C21H25ClN2O5/c1-14(15-7-4-3-5-8-15)28-10-6-9-24-21(26)16-11-17(22)20(18(12-16)27-2)29-13-19(23)25/h3-5,7-8,11-12,14H,6,9-10,13H2,1-2H3,(H2,23,25)(H,24,26)/t14-/m0/s1. The van der Waals surface area contributed by atoms with Gasteiger partial charge in [0.05, 0.1) is 18.2 Å². The summed E-state index contributed by atoms with van der Waals surface area (Å²) in [5, 5.41) is 2.96. The lowest BCUT2D eigenvalue weighted by molar-refractivity contribution is -0.119. The Kier molecular flexibility index (Phi) is 8.76. The molecular formula is C21H25ClN2O5. The van der Waals surface area contributed by atoms with Gasteiger partial charge in [0.2, 0.25) is 0 Å². The fraction of sp³-hybridized carbons (Fsp3) is 0.333. The zero-order chi connectivity index (χ0) is 21.2. The van der Waals surface area contributed by atoms with Crippen LogP contribution in [-0.4, -0.2) is 38.7 Å². The second-order valence-electron chi connectivity index (χ2n) is 6.28. The number of nitrogens with one attached hydrogen (secondary N) is 1. The molecule has 0 spiro atoms. The van der Waals surface area contributed by atoms with Crippen molar-refractivity contribution in [2.45, 2.75) is 19.4 Å². The molecule has 0 aromatic heterocycles. The number of halogens is 1. The predicted octanol–water partition coefficient (Wildman–Crippen LogP) is 3.11. The van der Waals surface area contributed by atoms with Crippen LogP contribution in [0.5, 0.6) is 11.5 Å². The number of hydrogen-bond acceptors (Lipinski definition) is 5. The Hall–Kier alpha value is -2.77. The van der Waals surface area contributed by atoms with Gasteiger partial charge in [0.1, 0.15) is 0 Å². The fourth-order valence-corrected chi connectivity index (χ4v) is 2.86. The predicted molar refractivity (Wildman–Crippen MR) is 110 cm³/mol. The molecule has 0 unspecified atom stereocenters. The summed E-state index contributed by atoms with van der Waals surface area (Å²) >= 11 is 6.16. The first-order chi connectivity index (χ1) is 13.9. The summed E-state index contributed by atoms with van der Waals surface area (Å²) in [6.45, 7) is 2.60. The van der Waals surface area contributed by atoms with Gasteiger partial charge < -0.3 is 25.3 Å². The lowest BCUT2D eigenvalue weighted by Gasteiger charge is -2.14. The first-order valence-electron chi connectivity index (χ1n) is 9.15. The van der Waals surface area contributed by atoms with Crippen LogP contribution in [0.1, 0.15) is 35.4 Å². The zero-order valence-corrected chi connectivity index (χ0v) is 17.2. The van der Waals surface area contributed by atoms with Crippen LogP contribution in [0.2, 0.25) is 5.02 Å². The van der Waals surface area contributed by atoms with E-state index >= 15 is 0 Å². The summed E-state index contributed by atoms with van der Waals surface area (Å²) in [7, 11) is 1.41. The van der Waals surface area contributed by atoms with Crippen molar-refractivity contribution in [2.75, 3.05) is 26.9 Å². The molecule has 0 heterocycles. The van der Waals surface area contributed by atoms with E-state index in [1.54, 1.807) is 0 Å². The third-order valence-electron chi connectivity index (χ3n) is 4.09. The molecule has 0 aliphatic carbocycles. The van der Waals surface area contributed by atoms with E-state index in [1.807, 2.05) is 37.3 Å². The van der Waals surface area contributed by atoms with E-state index in [4.69, 9.17) is 31.5 Å². The Bertz CT molecular complexity index is 829. The van der Waals surface area contributed by atoms with Gasteiger partial charge in [0, 0.05) is 18.7 Å². The molecule has 0 aliphatic heterocycles. The second-order valence-corrected chi connectivity index (χ2v) is 6.68. The van der Waals surface area contributed by atoms with Crippen LogP contribution in [-0.2, 0) is 9.53 Å². The third kappa shape index (κ3) is 6.96. The lowest BCUT2D eigenvalue weighted by atomic mass is 10.1. The number of methoxy groups -OCH3 is 1. The van der Waals surface area contributed by atoms with E-state index in [0.29, 0.717) is 25.1 Å². The largest absolute Gasteiger partial charge is 0.493 e. The highest BCUT2D eigenvalue weighted by Crippen LogP contribution is 2.36. The number of ether oxygens (including phenoxy) is 3. The highest BCUT2D eigenvalue weighted by atomic mass is 35.5. The second kappa shape index (κ2) is 11.3. The smallest absolute Gasteiger partial charge is 0.255 e. The van der Waals surface area contributed by atoms with E-state index in [-0.39, 0.29) is 35.1 Å². The Morgan fingerprint density at radius 1 is 1.21 bits per heavy atom. The van der Waals surface area contributed by atoms with Gasteiger partial charge >= 0.3 is 0 Å². The van der Waals surface area contributed by atoms with Crippen LogP contribution in [0.3, 0.4) is 0 Å². The number of primary amides is 1. The maximum Gasteiger partial charge on any atom is 0.255 e. The van der Waals surface area contributed by atoms with E-state index < -0.39 is 5.91 Å². The van der Waals surface area contributed by atoms with Crippen molar-refractivity contribution >= 4 is 23.4 Å². The van der Waals surface area contributed by atoms with Crippen LogP contribution < -0.4 is 20.5 Å². The first kappa shape index (κ1) is 22.5. The molecule has 29 heavy (non-hydrogen) atoms. The minimum absolute atomic E-state index is 0.0112. The van der Waals surface area contributed by atoms with Gasteiger partial charge in [-0.15, -0.1) is 0 Å². The van der Waals surface area contributed by atoms with Gasteiger partial charge in [-0.2, -0.15) is 0 Å². The Labute approximate surface area is 175 Å². The number of benzene rings is 2. The van der Waals surface area contributed by atoms with E-state index in [9.17, 15) is 9.59 Å². The first-order valence-corrected chi connectivity index (χ1v) is 9.53. The van der Waals surface area contributed by atoms with Crippen LogP contribution in [0.25, 0.3) is 0 Å². The topological polar surface area (TPSA) is 99.9 Å². The zero-order valence-electron chi connectivity index (χ0n) is 16.4. The molecule has 7 nitrogen and oxygen atoms in total. The maximum atomic E-state index is 12.4. The molecule has 2 aromatic rings. The monoisotopic (exact) mass is 420 g/mol. The van der Waals surface area contributed by atoms with Gasteiger partial charge in [0.15, 0.2) is 18.1 Å². The van der Waals surface area contributed by atoms with E-state index in [0.717, 1.165) is 5.56 Å². The third-order valence-corrected chi connectivity index (χ3v) is 4.37. The Morgan fingerprint density at radius 3 is 2.59 bits per heavy atom. The van der Waals surface area contributed by atoms with Crippen LogP contribution in [0.4, 0.5) is 0 Å². The number of nitrogens with two attached hydrogens (primary N) is 1. The number of carbonyl (C=O) groups excluding carboxylic acids is 2. The average Bonchev–Trinajstić information content (AvgIpc) is 2.72. The minimum atomic E-state index is -0.645. The van der Waals surface area contributed by atoms with Crippen molar-refractivity contribution < 1.29 is 23.8 Å². The molecule has 3 N–H and O–H groups in total. The average molecular weight is 421 g/mol. The highest BCUT2D eigenvalue weighted by molar-refractivity contribution is 6.32. The molecule has 0 fully saturated rings. The van der Waals surface area contributed by atoms with Gasteiger partial charge in [-0.3, -0.25) is 9.59 Å². The van der Waals surface area contributed by atoms with Crippen molar-refractivity contribution in [3.63, 3.8) is 0 Å². The summed E-state index contributed by atoms with van der Waals surface area (Å²) in [4.78, 5) is 23.3. The molecular weight excluding hydrogens is 396 g/mol. The molecule has 2 amide bonds. The summed E-state index contributed by atoms with van der Waals surface area (Å²) in [6.07, 6.45) is 0.649. The number of amides is 2. The van der Waals surface area contributed by atoms with Crippen molar-refractivity contribution in [3.05, 3.63) is 58.6 Å². The fourth-order valence-electron chi connectivity index (χ4n) is 2.59. The van der Waals surface area contributed by atoms with Gasteiger partial charge in [-0.05, 0) is 31.0 Å². The molecule has 0 bridgehead atoms. The molecule has 8 heteroatoms. The number of carbonyl (C=O) groups is 2. The van der Waals surface area contributed by atoms with Crippen LogP contribution in [0, 0.1) is 0 Å².